The van der Waals surface area contributed by atoms with Gasteiger partial charge >= 0.3 is 0 Å². The number of benzene rings is 2. The van der Waals surface area contributed by atoms with Gasteiger partial charge in [-0.2, -0.15) is 4.31 Å². The number of halogens is 2. The van der Waals surface area contributed by atoms with Gasteiger partial charge in [-0.15, -0.1) is 0 Å². The second-order valence-corrected chi connectivity index (χ2v) is 15.7. The monoisotopic (exact) mass is 645 g/mol. The molecule has 4 heterocycles. The number of aromatic nitrogens is 1. The van der Waals surface area contributed by atoms with Crippen molar-refractivity contribution in [2.45, 2.75) is 50.2 Å². The SMILES string of the molecule is CC(C)(C)[C@H](NC(=O)c1cc2ccccc2[nH]1)C(=O)N1C[C@H]2N(C(=O)C3CN(S(=O)(=O)c4ccc(Cl)cc4Cl)C3)CC21C. The number of piperazine rings is 1. The average molecular weight is 647 g/mol. The van der Waals surface area contributed by atoms with Gasteiger partial charge in [0.05, 0.1) is 22.5 Å². The number of aromatic amines is 1. The lowest BCUT2D eigenvalue weighted by Crippen LogP contribution is -2.89. The Balaban J connectivity index is 1.08. The zero-order chi connectivity index (χ0) is 31.1. The first-order valence-corrected chi connectivity index (χ1v) is 16.3. The number of H-pyrrole nitrogens is 1. The summed E-state index contributed by atoms with van der Waals surface area (Å²) < 4.78 is 27.3. The first-order chi connectivity index (χ1) is 20.1. The van der Waals surface area contributed by atoms with Gasteiger partial charge in [0.15, 0.2) is 0 Å². The highest BCUT2D eigenvalue weighted by Gasteiger charge is 2.66. The van der Waals surface area contributed by atoms with Crippen LogP contribution in [0.3, 0.4) is 0 Å². The van der Waals surface area contributed by atoms with E-state index in [2.05, 4.69) is 10.3 Å². The zero-order valence-corrected chi connectivity index (χ0v) is 26.6. The summed E-state index contributed by atoms with van der Waals surface area (Å²) >= 11 is 12.0. The molecule has 43 heavy (non-hydrogen) atoms. The highest BCUT2D eigenvalue weighted by Crippen LogP contribution is 2.46. The van der Waals surface area contributed by atoms with Crippen molar-refractivity contribution in [1.29, 1.82) is 0 Å². The van der Waals surface area contributed by atoms with Crippen LogP contribution in [0.1, 0.15) is 38.2 Å². The molecule has 0 aliphatic carbocycles. The lowest BCUT2D eigenvalue weighted by atomic mass is 9.70. The molecule has 13 heteroatoms. The lowest BCUT2D eigenvalue weighted by molar-refractivity contribution is -0.210. The summed E-state index contributed by atoms with van der Waals surface area (Å²) in [4.78, 5) is 46.9. The van der Waals surface area contributed by atoms with E-state index in [0.717, 1.165) is 10.9 Å². The normalized spacial score (nSPS) is 23.2. The maximum atomic E-state index is 13.8. The summed E-state index contributed by atoms with van der Waals surface area (Å²) in [5.74, 6) is -1.14. The number of carbonyl (C=O) groups is 3. The lowest BCUT2D eigenvalue weighted by Gasteiger charge is -2.70. The van der Waals surface area contributed by atoms with Crippen molar-refractivity contribution in [3.63, 3.8) is 0 Å². The fourth-order valence-corrected chi connectivity index (χ4v) is 8.52. The Hall–Kier alpha value is -3.12. The molecule has 3 fully saturated rings. The highest BCUT2D eigenvalue weighted by molar-refractivity contribution is 7.89. The van der Waals surface area contributed by atoms with Crippen molar-refractivity contribution in [2.75, 3.05) is 26.2 Å². The van der Waals surface area contributed by atoms with Crippen LogP contribution in [-0.4, -0.2) is 89.0 Å². The van der Waals surface area contributed by atoms with E-state index < -0.39 is 32.9 Å². The van der Waals surface area contributed by atoms with Gasteiger partial charge in [-0.3, -0.25) is 14.4 Å². The number of nitrogens with one attached hydrogen (secondary N) is 2. The Kier molecular flexibility index (Phi) is 7.11. The van der Waals surface area contributed by atoms with Gasteiger partial charge in [0, 0.05) is 42.1 Å². The third kappa shape index (κ3) is 4.90. The van der Waals surface area contributed by atoms with Crippen molar-refractivity contribution in [2.24, 2.45) is 11.3 Å². The van der Waals surface area contributed by atoms with Gasteiger partial charge in [0.25, 0.3) is 5.91 Å². The summed E-state index contributed by atoms with van der Waals surface area (Å²) in [5, 5.41) is 4.22. The second-order valence-electron chi connectivity index (χ2n) is 12.9. The molecule has 0 radical (unpaired) electrons. The Morgan fingerprint density at radius 1 is 1.05 bits per heavy atom. The highest BCUT2D eigenvalue weighted by atomic mass is 35.5. The molecule has 0 spiro atoms. The summed E-state index contributed by atoms with van der Waals surface area (Å²) in [6.07, 6.45) is 0. The molecule has 0 bridgehead atoms. The first-order valence-electron chi connectivity index (χ1n) is 14.1. The molecule has 3 aliphatic rings. The molecule has 2 N–H and O–H groups in total. The fourth-order valence-electron chi connectivity index (χ4n) is 6.24. The summed E-state index contributed by atoms with van der Waals surface area (Å²) in [6, 6.07) is 12.6. The molecule has 3 amide bonds. The molecule has 6 rings (SSSR count). The van der Waals surface area contributed by atoms with E-state index in [1.54, 1.807) is 15.9 Å². The molecule has 0 saturated carbocycles. The largest absolute Gasteiger partial charge is 0.351 e. The van der Waals surface area contributed by atoms with Gasteiger partial charge < -0.3 is 20.1 Å². The van der Waals surface area contributed by atoms with Crippen molar-refractivity contribution in [3.05, 3.63) is 64.3 Å². The van der Waals surface area contributed by atoms with Gasteiger partial charge in [-0.05, 0) is 42.7 Å². The van der Waals surface area contributed by atoms with Gasteiger partial charge in [-0.1, -0.05) is 62.2 Å². The molecule has 3 atom stereocenters. The van der Waals surface area contributed by atoms with Crippen LogP contribution in [0.25, 0.3) is 10.9 Å². The zero-order valence-electron chi connectivity index (χ0n) is 24.2. The van der Waals surface area contributed by atoms with Gasteiger partial charge in [0.1, 0.15) is 16.6 Å². The van der Waals surface area contributed by atoms with Crippen LogP contribution in [0.4, 0.5) is 0 Å². The molecule has 2 aromatic carbocycles. The summed E-state index contributed by atoms with van der Waals surface area (Å²) in [7, 11) is -3.85. The van der Waals surface area contributed by atoms with E-state index in [9.17, 15) is 22.8 Å². The number of carbonyl (C=O) groups excluding carboxylic acids is 3. The molecule has 1 unspecified atom stereocenters. The van der Waals surface area contributed by atoms with Crippen LogP contribution in [0.5, 0.6) is 0 Å². The Morgan fingerprint density at radius 2 is 1.74 bits per heavy atom. The van der Waals surface area contributed by atoms with Crippen molar-refractivity contribution in [3.8, 4) is 0 Å². The van der Waals surface area contributed by atoms with Crippen LogP contribution in [0.15, 0.2) is 53.4 Å². The number of nitrogens with zero attached hydrogens (tertiary/aromatic N) is 3. The number of rotatable bonds is 6. The molecule has 10 nitrogen and oxygen atoms in total. The molecule has 3 aliphatic heterocycles. The maximum absolute atomic E-state index is 13.8. The second kappa shape index (κ2) is 10.2. The van der Waals surface area contributed by atoms with Crippen LogP contribution in [0, 0.1) is 11.3 Å². The van der Waals surface area contributed by atoms with Crippen molar-refractivity contribution >= 4 is 61.8 Å². The maximum Gasteiger partial charge on any atom is 0.268 e. The van der Waals surface area contributed by atoms with Gasteiger partial charge in [-0.25, -0.2) is 8.42 Å². The van der Waals surface area contributed by atoms with E-state index >= 15 is 0 Å². The molecule has 1 aromatic heterocycles. The summed E-state index contributed by atoms with van der Waals surface area (Å²) in [6.45, 7) is 8.50. The Morgan fingerprint density at radius 3 is 2.35 bits per heavy atom. The van der Waals surface area contributed by atoms with E-state index in [4.69, 9.17) is 23.2 Å². The number of hydrogen-bond donors (Lipinski definition) is 2. The standard InChI is InChI=1S/C30H33Cl2N5O5S/c1-29(2,3)25(34-26(38)22-11-17-7-5-6-8-21(17)33-22)28(40)37-15-24-30(37,4)16-36(24)27(39)18-13-35(14-18)43(41,42)23-10-9-19(31)12-20(23)32/h5-12,18,24-25,33H,13-16H2,1-4H3,(H,34,38)/t24-,25-,30?/m1/s1. The minimum atomic E-state index is -3.85. The van der Waals surface area contributed by atoms with E-state index in [1.807, 2.05) is 52.0 Å². The molecule has 228 valence electrons. The molecular formula is C30H33Cl2N5O5S. The predicted octanol–water partition coefficient (Wildman–Crippen LogP) is 3.75. The molecule has 3 saturated heterocycles. The van der Waals surface area contributed by atoms with Crippen molar-refractivity contribution in [1.82, 2.24) is 24.4 Å². The predicted molar refractivity (Wildman–Crippen MR) is 163 cm³/mol. The van der Waals surface area contributed by atoms with Crippen molar-refractivity contribution < 1.29 is 22.8 Å². The number of sulfonamides is 1. The molecule has 3 aromatic rings. The summed E-state index contributed by atoms with van der Waals surface area (Å²) in [5.41, 5.74) is 0.109. The number of hydrogen-bond acceptors (Lipinski definition) is 5. The number of amides is 3. The number of para-hydroxylation sites is 1. The van der Waals surface area contributed by atoms with E-state index in [1.165, 1.54) is 22.5 Å². The smallest absolute Gasteiger partial charge is 0.268 e. The van der Waals surface area contributed by atoms with Crippen LogP contribution in [0.2, 0.25) is 10.0 Å². The van der Waals surface area contributed by atoms with E-state index in [0.29, 0.717) is 23.8 Å². The topological polar surface area (TPSA) is 123 Å². The van der Waals surface area contributed by atoms with E-state index in [-0.39, 0.29) is 46.8 Å². The molecular weight excluding hydrogens is 613 g/mol. The minimum absolute atomic E-state index is 0.0334. The third-order valence-corrected chi connectivity index (χ3v) is 11.5. The van der Waals surface area contributed by atoms with Crippen LogP contribution in [-0.2, 0) is 19.6 Å². The quantitative estimate of drug-likeness (QED) is 0.423. The Labute approximate surface area is 260 Å². The third-order valence-electron chi connectivity index (χ3n) is 8.98. The number of fused-ring (bicyclic) bond motifs is 2. The Bertz CT molecular complexity index is 1730. The first kappa shape index (κ1) is 29.9. The van der Waals surface area contributed by atoms with Gasteiger partial charge in [0.2, 0.25) is 21.8 Å². The van der Waals surface area contributed by atoms with Crippen LogP contribution >= 0.6 is 23.2 Å². The number of likely N-dealkylation sites (tertiary alicyclic amines) is 2. The fraction of sp³-hybridized carbons (Fsp3) is 0.433. The minimum Gasteiger partial charge on any atom is -0.351 e. The van der Waals surface area contributed by atoms with Crippen LogP contribution < -0.4 is 5.32 Å². The average Bonchev–Trinajstić information content (AvgIpc) is 3.33.